The van der Waals surface area contributed by atoms with Gasteiger partial charge < -0.3 is 10.2 Å². The Morgan fingerprint density at radius 1 is 1.08 bits per heavy atom. The molecule has 0 aromatic heterocycles. The average molecular weight is 366 g/mol. The first-order valence-corrected chi connectivity index (χ1v) is 10.3. The molecule has 0 bridgehead atoms. The molecule has 1 aliphatic rings. The summed E-state index contributed by atoms with van der Waals surface area (Å²) in [5.74, 6) is -1.63. The van der Waals surface area contributed by atoms with Crippen LogP contribution >= 0.6 is 0 Å². The molecule has 7 heteroatoms. The van der Waals surface area contributed by atoms with Crippen LogP contribution in [0.4, 0.5) is 5.69 Å². The number of likely N-dealkylation sites (tertiary alicyclic amines) is 1. The van der Waals surface area contributed by atoms with Crippen molar-refractivity contribution in [3.05, 3.63) is 29.8 Å². The van der Waals surface area contributed by atoms with Gasteiger partial charge in [-0.2, -0.15) is 0 Å². The fourth-order valence-electron chi connectivity index (χ4n) is 3.23. The van der Waals surface area contributed by atoms with Gasteiger partial charge in [-0.1, -0.05) is 31.5 Å². The lowest BCUT2D eigenvalue weighted by molar-refractivity contribution is -0.131. The van der Waals surface area contributed by atoms with Crippen molar-refractivity contribution < 1.29 is 18.0 Å². The molecule has 2 amide bonds. The van der Waals surface area contributed by atoms with Crippen LogP contribution in [0, 0.1) is 18.8 Å². The summed E-state index contributed by atoms with van der Waals surface area (Å²) in [7, 11) is -3.80. The standard InChI is InChI=1S/C18H26N2O4S/c1-13-4-6-16(7-5-13)19-17(21)11-25(23,24)12-18(22)20-9-14(2)8-15(3)10-20/h4-7,14-15H,8-12H2,1-3H3,(H,19,21). The summed E-state index contributed by atoms with van der Waals surface area (Å²) < 4.78 is 24.4. The van der Waals surface area contributed by atoms with Crippen molar-refractivity contribution in [2.75, 3.05) is 29.9 Å². The molecule has 1 saturated heterocycles. The smallest absolute Gasteiger partial charge is 0.239 e. The number of hydrogen-bond acceptors (Lipinski definition) is 4. The van der Waals surface area contributed by atoms with E-state index in [4.69, 9.17) is 0 Å². The summed E-state index contributed by atoms with van der Waals surface area (Å²) in [5.41, 5.74) is 1.58. The third kappa shape index (κ3) is 6.16. The van der Waals surface area contributed by atoms with Crippen molar-refractivity contribution in [1.29, 1.82) is 0 Å². The molecule has 1 aromatic carbocycles. The zero-order chi connectivity index (χ0) is 18.6. The molecule has 1 aromatic rings. The average Bonchev–Trinajstić information content (AvgIpc) is 2.47. The normalized spacial score (nSPS) is 21.0. The van der Waals surface area contributed by atoms with Crippen molar-refractivity contribution in [3.8, 4) is 0 Å². The minimum absolute atomic E-state index is 0.361. The predicted molar refractivity (Wildman–Crippen MR) is 98.0 cm³/mol. The van der Waals surface area contributed by atoms with Crippen LogP contribution in [0.25, 0.3) is 0 Å². The van der Waals surface area contributed by atoms with Crippen molar-refractivity contribution in [2.45, 2.75) is 27.2 Å². The van der Waals surface area contributed by atoms with Gasteiger partial charge in [-0.3, -0.25) is 9.59 Å². The maximum absolute atomic E-state index is 12.3. The number of aryl methyl sites for hydroxylation is 1. The maximum Gasteiger partial charge on any atom is 0.239 e. The number of hydrogen-bond donors (Lipinski definition) is 1. The van der Waals surface area contributed by atoms with E-state index in [9.17, 15) is 18.0 Å². The van der Waals surface area contributed by atoms with Crippen molar-refractivity contribution in [1.82, 2.24) is 4.90 Å². The maximum atomic E-state index is 12.3. The Morgan fingerprint density at radius 3 is 2.20 bits per heavy atom. The molecule has 25 heavy (non-hydrogen) atoms. The summed E-state index contributed by atoms with van der Waals surface area (Å²) in [6.07, 6.45) is 1.04. The van der Waals surface area contributed by atoms with E-state index >= 15 is 0 Å². The lowest BCUT2D eigenvalue weighted by Crippen LogP contribution is -2.45. The van der Waals surface area contributed by atoms with Gasteiger partial charge in [0.1, 0.15) is 11.5 Å². The van der Waals surface area contributed by atoms with Gasteiger partial charge in [0.2, 0.25) is 11.8 Å². The highest BCUT2D eigenvalue weighted by atomic mass is 32.2. The first-order valence-electron chi connectivity index (χ1n) is 8.49. The van der Waals surface area contributed by atoms with E-state index in [0.29, 0.717) is 30.6 Å². The number of carbonyl (C=O) groups excluding carboxylic acids is 2. The van der Waals surface area contributed by atoms with Gasteiger partial charge in [0, 0.05) is 18.8 Å². The van der Waals surface area contributed by atoms with Crippen molar-refractivity contribution in [3.63, 3.8) is 0 Å². The number of nitrogens with one attached hydrogen (secondary N) is 1. The van der Waals surface area contributed by atoms with Crippen LogP contribution in [0.3, 0.4) is 0 Å². The fourth-order valence-corrected chi connectivity index (χ4v) is 4.36. The zero-order valence-corrected chi connectivity index (χ0v) is 15.8. The Kier molecular flexibility index (Phi) is 6.21. The van der Waals surface area contributed by atoms with Crippen LogP contribution < -0.4 is 5.32 Å². The summed E-state index contributed by atoms with van der Waals surface area (Å²) >= 11 is 0. The number of amides is 2. The van der Waals surface area contributed by atoms with Crippen LogP contribution in [-0.4, -0.2) is 49.7 Å². The van der Waals surface area contributed by atoms with Crippen LogP contribution in [0.15, 0.2) is 24.3 Å². The van der Waals surface area contributed by atoms with Gasteiger partial charge >= 0.3 is 0 Å². The molecular weight excluding hydrogens is 340 g/mol. The zero-order valence-electron chi connectivity index (χ0n) is 15.0. The largest absolute Gasteiger partial charge is 0.341 e. The SMILES string of the molecule is Cc1ccc(NC(=O)CS(=O)(=O)CC(=O)N2CC(C)CC(C)C2)cc1. The van der Waals surface area contributed by atoms with Crippen molar-refractivity contribution >= 4 is 27.3 Å². The molecule has 0 spiro atoms. The van der Waals surface area contributed by atoms with Gasteiger partial charge in [0.25, 0.3) is 0 Å². The summed E-state index contributed by atoms with van der Waals surface area (Å²) in [6, 6.07) is 7.07. The molecule has 2 rings (SSSR count). The van der Waals surface area contributed by atoms with Crippen LogP contribution in [-0.2, 0) is 19.4 Å². The predicted octanol–water partition coefficient (Wildman–Crippen LogP) is 1.85. The van der Waals surface area contributed by atoms with Gasteiger partial charge in [-0.15, -0.1) is 0 Å². The van der Waals surface area contributed by atoms with Crippen LogP contribution in [0.5, 0.6) is 0 Å². The minimum Gasteiger partial charge on any atom is -0.341 e. The quantitative estimate of drug-likeness (QED) is 0.862. The molecular formula is C18H26N2O4S. The highest BCUT2D eigenvalue weighted by Crippen LogP contribution is 2.21. The second-order valence-electron chi connectivity index (χ2n) is 7.19. The second-order valence-corrected chi connectivity index (χ2v) is 9.26. The minimum atomic E-state index is -3.80. The number of sulfone groups is 1. The Morgan fingerprint density at radius 2 is 1.64 bits per heavy atom. The molecule has 2 unspecified atom stereocenters. The summed E-state index contributed by atoms with van der Waals surface area (Å²) in [6.45, 7) is 7.19. The van der Waals surface area contributed by atoms with Gasteiger partial charge in [0.15, 0.2) is 9.84 Å². The van der Waals surface area contributed by atoms with E-state index in [0.717, 1.165) is 12.0 Å². The lowest BCUT2D eigenvalue weighted by Gasteiger charge is -2.34. The molecule has 6 nitrogen and oxygen atoms in total. The Hall–Kier alpha value is -1.89. The van der Waals surface area contributed by atoms with Gasteiger partial charge in [-0.05, 0) is 37.3 Å². The number of piperidine rings is 1. The summed E-state index contributed by atoms with van der Waals surface area (Å²) in [5, 5.41) is 2.55. The molecule has 0 aliphatic carbocycles. The van der Waals surface area contributed by atoms with E-state index in [2.05, 4.69) is 19.2 Å². The van der Waals surface area contributed by atoms with Gasteiger partial charge in [-0.25, -0.2) is 8.42 Å². The van der Waals surface area contributed by atoms with E-state index in [1.807, 2.05) is 19.1 Å². The number of carbonyl (C=O) groups is 2. The topological polar surface area (TPSA) is 83.5 Å². The first-order chi connectivity index (χ1) is 11.6. The van der Waals surface area contributed by atoms with E-state index in [-0.39, 0.29) is 0 Å². The van der Waals surface area contributed by atoms with E-state index < -0.39 is 33.2 Å². The Labute approximate surface area is 149 Å². The Balaban J connectivity index is 1.91. The molecule has 1 fully saturated rings. The van der Waals surface area contributed by atoms with Crippen molar-refractivity contribution in [2.24, 2.45) is 11.8 Å². The fraction of sp³-hybridized carbons (Fsp3) is 0.556. The number of anilines is 1. The monoisotopic (exact) mass is 366 g/mol. The molecule has 1 aliphatic heterocycles. The lowest BCUT2D eigenvalue weighted by atomic mass is 9.92. The van der Waals surface area contributed by atoms with E-state index in [1.165, 1.54) is 0 Å². The van der Waals surface area contributed by atoms with Gasteiger partial charge in [0.05, 0.1) is 0 Å². The molecule has 1 heterocycles. The first kappa shape index (κ1) is 19.4. The third-order valence-corrected chi connectivity index (χ3v) is 5.64. The number of benzene rings is 1. The Bertz CT molecular complexity index is 718. The van der Waals surface area contributed by atoms with Crippen LogP contribution in [0.2, 0.25) is 0 Å². The molecule has 1 N–H and O–H groups in total. The molecule has 138 valence electrons. The molecule has 2 atom stereocenters. The molecule has 0 saturated carbocycles. The highest BCUT2D eigenvalue weighted by molar-refractivity contribution is 7.92. The highest BCUT2D eigenvalue weighted by Gasteiger charge is 2.29. The summed E-state index contributed by atoms with van der Waals surface area (Å²) in [4.78, 5) is 25.9. The van der Waals surface area contributed by atoms with E-state index in [1.54, 1.807) is 17.0 Å². The van der Waals surface area contributed by atoms with Crippen LogP contribution in [0.1, 0.15) is 25.8 Å². The number of nitrogens with zero attached hydrogens (tertiary/aromatic N) is 1. The third-order valence-electron chi connectivity index (χ3n) is 4.25. The molecule has 0 radical (unpaired) electrons. The number of rotatable bonds is 5. The second kappa shape index (κ2) is 7.99.